The average molecular weight is 443 g/mol. The molecule has 3 heterocycles. The summed E-state index contributed by atoms with van der Waals surface area (Å²) in [6.07, 6.45) is 1.95. The topological polar surface area (TPSA) is 66.3 Å². The number of aryl methyl sites for hydroxylation is 2. The fourth-order valence-electron chi connectivity index (χ4n) is 4.13. The quantitative estimate of drug-likeness (QED) is 0.382. The van der Waals surface area contributed by atoms with Crippen LogP contribution in [0.3, 0.4) is 0 Å². The summed E-state index contributed by atoms with van der Waals surface area (Å²) < 4.78 is 5.94. The molecule has 5 rings (SSSR count). The molecule has 0 radical (unpaired) electrons. The van der Waals surface area contributed by atoms with Gasteiger partial charge in [0.1, 0.15) is 5.58 Å². The minimum atomic E-state index is -0.342. The summed E-state index contributed by atoms with van der Waals surface area (Å²) in [7, 11) is 1.75. The van der Waals surface area contributed by atoms with E-state index in [2.05, 4.69) is 4.98 Å². The second-order valence-corrected chi connectivity index (χ2v) is 9.01. The van der Waals surface area contributed by atoms with Gasteiger partial charge in [-0.15, -0.1) is 11.3 Å². The van der Waals surface area contributed by atoms with E-state index in [4.69, 9.17) is 4.42 Å². The Hall–Kier alpha value is -3.64. The third-order valence-corrected chi connectivity index (χ3v) is 6.92. The molecule has 0 aliphatic carbocycles. The van der Waals surface area contributed by atoms with E-state index in [0.29, 0.717) is 11.0 Å². The number of benzene rings is 2. The predicted octanol–water partition coefficient (Wildman–Crippen LogP) is 5.81. The second-order valence-electron chi connectivity index (χ2n) is 8.03. The normalized spacial score (nSPS) is 12.3. The zero-order chi connectivity index (χ0) is 22.4. The Bertz CT molecular complexity index is 1510. The van der Waals surface area contributed by atoms with Gasteiger partial charge in [-0.3, -0.25) is 9.59 Å². The van der Waals surface area contributed by atoms with Gasteiger partial charge in [-0.1, -0.05) is 24.3 Å². The van der Waals surface area contributed by atoms with Crippen LogP contribution in [-0.4, -0.2) is 22.8 Å². The first-order chi connectivity index (χ1) is 15.4. The van der Waals surface area contributed by atoms with Gasteiger partial charge in [0.2, 0.25) is 0 Å². The molecule has 0 aliphatic heterocycles. The first-order valence-electron chi connectivity index (χ1n) is 10.4. The van der Waals surface area contributed by atoms with Crippen LogP contribution in [0, 0.1) is 13.8 Å². The zero-order valence-electron chi connectivity index (χ0n) is 18.0. The molecule has 5 nitrogen and oxygen atoms in total. The minimum Gasteiger partial charge on any atom is -0.451 e. The van der Waals surface area contributed by atoms with Gasteiger partial charge < -0.3 is 14.3 Å². The first-order valence-corrected chi connectivity index (χ1v) is 11.2. The molecule has 0 saturated carbocycles. The van der Waals surface area contributed by atoms with Crippen molar-refractivity contribution in [2.75, 3.05) is 7.05 Å². The third-order valence-electron chi connectivity index (χ3n) is 5.99. The van der Waals surface area contributed by atoms with Gasteiger partial charge in [-0.25, -0.2) is 0 Å². The molecule has 2 aromatic carbocycles. The van der Waals surface area contributed by atoms with Crippen molar-refractivity contribution < 1.29 is 9.21 Å². The number of thiophene rings is 1. The summed E-state index contributed by atoms with van der Waals surface area (Å²) in [5.74, 6) is -0.305. The lowest BCUT2D eigenvalue weighted by molar-refractivity contribution is 0.0726. The SMILES string of the molecule is Cc1cc2oc(C(=O)N(C)[C@H](c3cccs3)c3c[nH]c4ccccc34)cc(=O)c2cc1C. The molecular weight excluding hydrogens is 420 g/mol. The van der Waals surface area contributed by atoms with Gasteiger partial charge >= 0.3 is 0 Å². The van der Waals surface area contributed by atoms with E-state index in [1.54, 1.807) is 23.3 Å². The van der Waals surface area contributed by atoms with Crippen LogP contribution in [0.1, 0.15) is 38.2 Å². The Balaban J connectivity index is 1.62. The van der Waals surface area contributed by atoms with E-state index in [0.717, 1.165) is 32.5 Å². The highest BCUT2D eigenvalue weighted by Crippen LogP contribution is 2.36. The molecule has 32 heavy (non-hydrogen) atoms. The number of aromatic nitrogens is 1. The highest BCUT2D eigenvalue weighted by molar-refractivity contribution is 7.10. The van der Waals surface area contributed by atoms with Gasteiger partial charge in [-0.05, 0) is 54.6 Å². The molecule has 0 unspecified atom stereocenters. The largest absolute Gasteiger partial charge is 0.451 e. The number of amides is 1. The summed E-state index contributed by atoms with van der Waals surface area (Å²) in [6.45, 7) is 3.91. The molecule has 0 saturated heterocycles. The number of carbonyl (C=O) groups is 1. The molecule has 1 atom stereocenters. The van der Waals surface area contributed by atoms with Crippen molar-refractivity contribution in [1.82, 2.24) is 9.88 Å². The zero-order valence-corrected chi connectivity index (χ0v) is 18.8. The van der Waals surface area contributed by atoms with Gasteiger partial charge in [0.25, 0.3) is 5.91 Å². The van der Waals surface area contributed by atoms with Gasteiger partial charge in [0.05, 0.1) is 11.4 Å². The number of hydrogen-bond donors (Lipinski definition) is 1. The second kappa shape index (κ2) is 7.80. The Labute approximate surface area is 188 Å². The molecule has 0 spiro atoms. The number of fused-ring (bicyclic) bond motifs is 2. The number of nitrogens with one attached hydrogen (secondary N) is 1. The fourth-order valence-corrected chi connectivity index (χ4v) is 5.01. The van der Waals surface area contributed by atoms with Crippen molar-refractivity contribution in [2.45, 2.75) is 19.9 Å². The lowest BCUT2D eigenvalue weighted by Gasteiger charge is -2.27. The summed E-state index contributed by atoms with van der Waals surface area (Å²) in [4.78, 5) is 32.3. The maximum atomic E-state index is 13.5. The van der Waals surface area contributed by atoms with Crippen LogP contribution in [0.4, 0.5) is 0 Å². The molecule has 0 fully saturated rings. The summed E-state index contributed by atoms with van der Waals surface area (Å²) >= 11 is 1.59. The van der Waals surface area contributed by atoms with Gasteiger partial charge in [0, 0.05) is 40.7 Å². The van der Waals surface area contributed by atoms with E-state index in [9.17, 15) is 9.59 Å². The van der Waals surface area contributed by atoms with Crippen LogP contribution < -0.4 is 5.43 Å². The molecule has 1 N–H and O–H groups in total. The Kier molecular flexibility index (Phi) is 4.94. The number of hydrogen-bond acceptors (Lipinski definition) is 4. The Morgan fingerprint density at radius 1 is 1.03 bits per heavy atom. The van der Waals surface area contributed by atoms with Gasteiger partial charge in [-0.2, -0.15) is 0 Å². The molecule has 6 heteroatoms. The highest BCUT2D eigenvalue weighted by atomic mass is 32.1. The molecule has 0 aliphatic rings. The van der Waals surface area contributed by atoms with Crippen molar-refractivity contribution in [2.24, 2.45) is 0 Å². The molecular formula is C26H22N2O3S. The van der Waals surface area contributed by atoms with Crippen LogP contribution in [0.5, 0.6) is 0 Å². The Morgan fingerprint density at radius 3 is 2.59 bits per heavy atom. The van der Waals surface area contributed by atoms with E-state index >= 15 is 0 Å². The van der Waals surface area contributed by atoms with Crippen LogP contribution in [0.15, 0.2) is 75.4 Å². The molecule has 160 valence electrons. The smallest absolute Gasteiger partial charge is 0.290 e. The van der Waals surface area contributed by atoms with Crippen molar-refractivity contribution in [3.05, 3.63) is 104 Å². The lowest BCUT2D eigenvalue weighted by Crippen LogP contribution is -2.32. The molecule has 1 amide bonds. The maximum Gasteiger partial charge on any atom is 0.290 e. The molecule has 5 aromatic rings. The molecule has 0 bridgehead atoms. The average Bonchev–Trinajstić information content (AvgIpc) is 3.46. The van der Waals surface area contributed by atoms with Gasteiger partial charge in [0.15, 0.2) is 11.2 Å². The van der Waals surface area contributed by atoms with Crippen molar-refractivity contribution in [3.8, 4) is 0 Å². The minimum absolute atomic E-state index is 0.0367. The van der Waals surface area contributed by atoms with Crippen LogP contribution in [0.25, 0.3) is 21.9 Å². The fraction of sp³-hybridized carbons (Fsp3) is 0.154. The van der Waals surface area contributed by atoms with E-state index in [-0.39, 0.29) is 23.1 Å². The maximum absolute atomic E-state index is 13.5. The number of nitrogens with zero attached hydrogens (tertiary/aromatic N) is 1. The number of para-hydroxylation sites is 1. The summed E-state index contributed by atoms with van der Waals surface area (Å²) in [5, 5.41) is 3.53. The number of rotatable bonds is 4. The monoisotopic (exact) mass is 442 g/mol. The first kappa shape index (κ1) is 20.3. The van der Waals surface area contributed by atoms with E-state index in [1.807, 2.05) is 74.0 Å². The van der Waals surface area contributed by atoms with Crippen LogP contribution in [-0.2, 0) is 0 Å². The predicted molar refractivity (Wildman–Crippen MR) is 129 cm³/mol. The van der Waals surface area contributed by atoms with Crippen molar-refractivity contribution >= 4 is 39.1 Å². The Morgan fingerprint density at radius 2 is 1.81 bits per heavy atom. The number of H-pyrrole nitrogens is 1. The summed E-state index contributed by atoms with van der Waals surface area (Å²) in [5.41, 5.74) is 4.23. The third kappa shape index (κ3) is 3.33. The van der Waals surface area contributed by atoms with Crippen LogP contribution in [0.2, 0.25) is 0 Å². The number of aromatic amines is 1. The number of carbonyl (C=O) groups excluding carboxylic acids is 1. The standard InChI is InChI=1S/C26H22N2O3S/c1-15-11-18-21(29)13-23(31-22(18)12-16(15)2)26(30)28(3)25(24-9-6-10-32-24)19-14-27-20-8-5-4-7-17(19)20/h4-14,25,27H,1-3H3/t25-/m0/s1. The van der Waals surface area contributed by atoms with Crippen LogP contribution >= 0.6 is 11.3 Å². The lowest BCUT2D eigenvalue weighted by atomic mass is 10.0. The highest BCUT2D eigenvalue weighted by Gasteiger charge is 2.29. The van der Waals surface area contributed by atoms with E-state index in [1.165, 1.54) is 6.07 Å². The van der Waals surface area contributed by atoms with Crippen molar-refractivity contribution in [3.63, 3.8) is 0 Å². The van der Waals surface area contributed by atoms with Crippen molar-refractivity contribution in [1.29, 1.82) is 0 Å². The molecule has 3 aromatic heterocycles. The summed E-state index contributed by atoms with van der Waals surface area (Å²) in [6, 6.07) is 16.6. The van der Waals surface area contributed by atoms with E-state index < -0.39 is 0 Å².